The molecule has 0 aliphatic rings. The van der Waals surface area contributed by atoms with E-state index in [1.807, 2.05) is 59.1 Å². The lowest BCUT2D eigenvalue weighted by molar-refractivity contribution is -0.754. The Morgan fingerprint density at radius 2 is 1.33 bits per heavy atom. The number of aromatic nitrogens is 6. The van der Waals surface area contributed by atoms with E-state index in [4.69, 9.17) is 0 Å². The maximum absolute atomic E-state index is 11.2. The van der Waals surface area contributed by atoms with Gasteiger partial charge in [-0.25, -0.2) is 9.59 Å². The number of likely N-dealkylation sites (N-methyl/N-ethyl adjacent to an activating group) is 2. The molecule has 4 N–H and O–H groups in total. The fourth-order valence-corrected chi connectivity index (χ4v) is 4.42. The molecule has 4 aromatic rings. The van der Waals surface area contributed by atoms with Crippen LogP contribution in [0.1, 0.15) is 54.4 Å². The molecule has 0 bridgehead atoms. The van der Waals surface area contributed by atoms with Gasteiger partial charge >= 0.3 is 11.9 Å². The molecule has 0 unspecified atom stereocenters. The average molecular weight is 579 g/mol. The molecule has 42 heavy (non-hydrogen) atoms. The summed E-state index contributed by atoms with van der Waals surface area (Å²) in [6.07, 6.45) is 11.4. The maximum atomic E-state index is 11.2. The van der Waals surface area contributed by atoms with Crippen LogP contribution in [0.4, 0.5) is 0 Å². The number of carbonyl (C=O) groups is 2. The van der Waals surface area contributed by atoms with E-state index in [0.29, 0.717) is 24.0 Å². The van der Waals surface area contributed by atoms with Gasteiger partial charge in [-0.1, -0.05) is 0 Å². The van der Waals surface area contributed by atoms with E-state index in [2.05, 4.69) is 34.6 Å². The van der Waals surface area contributed by atoms with Gasteiger partial charge in [0.2, 0.25) is 5.69 Å². The highest BCUT2D eigenvalue weighted by Gasteiger charge is 2.19. The first kappa shape index (κ1) is 32.1. The Balaban J connectivity index is 0.000000230. The quantitative estimate of drug-likeness (QED) is 0.186. The molecular formula is C30H42N8O4+2. The maximum Gasteiger partial charge on any atom is 0.336 e. The van der Waals surface area contributed by atoms with Crippen LogP contribution in [0.5, 0.6) is 0 Å². The summed E-state index contributed by atoms with van der Waals surface area (Å²) in [5.74, 6) is -1.83. The second kappa shape index (κ2) is 15.0. The number of carboxylic acids is 2. The van der Waals surface area contributed by atoms with Gasteiger partial charge in [0.05, 0.1) is 36.1 Å². The van der Waals surface area contributed by atoms with Gasteiger partial charge in [0.25, 0.3) is 0 Å². The van der Waals surface area contributed by atoms with Crippen LogP contribution in [-0.2, 0) is 25.9 Å². The highest BCUT2D eigenvalue weighted by atomic mass is 16.4. The number of H-pyrrole nitrogens is 2. The second-order valence-corrected chi connectivity index (χ2v) is 10.8. The number of carboxylic acid groups (broad SMARTS) is 2. The Kier molecular flexibility index (Phi) is 11.5. The number of hydrogen-bond acceptors (Lipinski definition) is 6. The number of hydrogen-bond donors (Lipinski definition) is 4. The van der Waals surface area contributed by atoms with Crippen molar-refractivity contribution in [3.63, 3.8) is 0 Å². The van der Waals surface area contributed by atoms with Crippen molar-refractivity contribution >= 4 is 11.9 Å². The Hall–Kier alpha value is -4.42. The predicted octanol–water partition coefficient (Wildman–Crippen LogP) is 1.71. The predicted molar refractivity (Wildman–Crippen MR) is 157 cm³/mol. The molecule has 4 rings (SSSR count). The minimum Gasteiger partial charge on any atom is -0.478 e. The lowest BCUT2D eigenvalue weighted by Crippen LogP contribution is -2.42. The van der Waals surface area contributed by atoms with Crippen LogP contribution in [0.2, 0.25) is 0 Å². The summed E-state index contributed by atoms with van der Waals surface area (Å²) in [5.41, 5.74) is 6.43. The van der Waals surface area contributed by atoms with Gasteiger partial charge in [-0.3, -0.25) is 9.97 Å². The van der Waals surface area contributed by atoms with Gasteiger partial charge in [0.15, 0.2) is 19.3 Å². The number of aryl methyl sites for hydroxylation is 1. The van der Waals surface area contributed by atoms with Crippen molar-refractivity contribution in [1.82, 2.24) is 30.0 Å². The van der Waals surface area contributed by atoms with Crippen LogP contribution in [0, 0.1) is 13.8 Å². The molecule has 4 aromatic heterocycles. The molecule has 12 nitrogen and oxygen atoms in total. The first-order valence-electron chi connectivity index (χ1n) is 13.7. The molecule has 0 fully saturated rings. The van der Waals surface area contributed by atoms with Crippen molar-refractivity contribution in [3.8, 4) is 0 Å². The molecule has 0 amide bonds. The van der Waals surface area contributed by atoms with E-state index in [1.165, 1.54) is 12.4 Å². The number of pyridine rings is 2. The molecule has 0 aliphatic carbocycles. The van der Waals surface area contributed by atoms with Crippen LogP contribution in [0.3, 0.4) is 0 Å². The van der Waals surface area contributed by atoms with Gasteiger partial charge < -0.3 is 20.0 Å². The molecule has 0 atom stereocenters. The van der Waals surface area contributed by atoms with Crippen LogP contribution in [0.15, 0.2) is 49.3 Å². The normalized spacial score (nSPS) is 11.0. The summed E-state index contributed by atoms with van der Waals surface area (Å²) in [6.45, 7) is 7.66. The molecule has 0 radical (unpaired) electrons. The highest BCUT2D eigenvalue weighted by Crippen LogP contribution is 2.15. The zero-order valence-corrected chi connectivity index (χ0v) is 25.3. The SMILES string of the molecule is Cc1[nH][n+](CCN(C)C)cc1Cc1cnccc1C(=O)O.Cc1c(Cc2cnccc2C(=O)O)c[nH][n+]1CCN(C)C. The minimum atomic E-state index is -0.916. The molecule has 12 heteroatoms. The van der Waals surface area contributed by atoms with Crippen molar-refractivity contribution in [1.29, 1.82) is 0 Å². The van der Waals surface area contributed by atoms with E-state index in [0.717, 1.165) is 59.8 Å². The molecule has 0 saturated heterocycles. The summed E-state index contributed by atoms with van der Waals surface area (Å²) >= 11 is 0. The fraction of sp³-hybridized carbons (Fsp3) is 0.400. The molecule has 0 aliphatic heterocycles. The number of rotatable bonds is 12. The van der Waals surface area contributed by atoms with Gasteiger partial charge in [0, 0.05) is 55.7 Å². The van der Waals surface area contributed by atoms with Crippen molar-refractivity contribution in [2.24, 2.45) is 0 Å². The molecule has 4 heterocycles. The zero-order valence-electron chi connectivity index (χ0n) is 25.3. The summed E-state index contributed by atoms with van der Waals surface area (Å²) in [7, 11) is 8.14. The summed E-state index contributed by atoms with van der Waals surface area (Å²) in [6, 6.07) is 3.08. The van der Waals surface area contributed by atoms with Gasteiger partial charge in [0.1, 0.15) is 0 Å². The van der Waals surface area contributed by atoms with E-state index in [-0.39, 0.29) is 0 Å². The first-order chi connectivity index (χ1) is 20.0. The third kappa shape index (κ3) is 9.05. The lowest BCUT2D eigenvalue weighted by Gasteiger charge is -2.05. The molecule has 224 valence electrons. The molecule has 0 spiro atoms. The fourth-order valence-electron chi connectivity index (χ4n) is 4.42. The molecule has 0 saturated carbocycles. The first-order valence-corrected chi connectivity index (χ1v) is 13.7. The Bertz CT molecular complexity index is 1430. The van der Waals surface area contributed by atoms with Crippen molar-refractivity contribution in [2.45, 2.75) is 39.8 Å². The van der Waals surface area contributed by atoms with Crippen LogP contribution in [0.25, 0.3) is 0 Å². The van der Waals surface area contributed by atoms with Gasteiger partial charge in [-0.05, 0) is 58.4 Å². The van der Waals surface area contributed by atoms with E-state index in [9.17, 15) is 19.8 Å². The van der Waals surface area contributed by atoms with E-state index >= 15 is 0 Å². The number of aromatic carboxylic acids is 2. The third-order valence-corrected chi connectivity index (χ3v) is 6.96. The third-order valence-electron chi connectivity index (χ3n) is 6.96. The monoisotopic (exact) mass is 578 g/mol. The Morgan fingerprint density at radius 1 is 0.810 bits per heavy atom. The van der Waals surface area contributed by atoms with E-state index < -0.39 is 11.9 Å². The van der Waals surface area contributed by atoms with Gasteiger partial charge in [-0.2, -0.15) is 10.2 Å². The second-order valence-electron chi connectivity index (χ2n) is 10.8. The van der Waals surface area contributed by atoms with Crippen molar-refractivity contribution in [2.75, 3.05) is 41.3 Å². The van der Waals surface area contributed by atoms with Crippen LogP contribution in [-0.4, -0.2) is 93.4 Å². The topological polar surface area (TPSA) is 146 Å². The zero-order chi connectivity index (χ0) is 30.8. The Labute approximate surface area is 246 Å². The molecular weight excluding hydrogens is 536 g/mol. The average Bonchev–Trinajstić information content (AvgIpc) is 3.47. The van der Waals surface area contributed by atoms with Crippen molar-refractivity contribution in [3.05, 3.63) is 94.1 Å². The Morgan fingerprint density at radius 3 is 1.86 bits per heavy atom. The van der Waals surface area contributed by atoms with Gasteiger partial charge in [-0.15, -0.1) is 9.36 Å². The summed E-state index contributed by atoms with van der Waals surface area (Å²) in [4.78, 5) is 34.8. The minimum absolute atomic E-state index is 0.311. The standard InChI is InChI=1S/2C15H20N4O2/c1-11-12(10-17-19(11)7-6-18(2)3)8-13-9-16-5-4-14(13)15(20)21;1-11-13(10-19(17-11)7-6-18(2)3)8-12-9-16-5-4-14(12)15(20)21/h2*4-5,9-10H,6-8H2,1-3H3,(H,20,21)/p+2. The largest absolute Gasteiger partial charge is 0.478 e. The van der Waals surface area contributed by atoms with E-state index in [1.54, 1.807) is 24.5 Å². The lowest BCUT2D eigenvalue weighted by atomic mass is 10.0. The summed E-state index contributed by atoms with van der Waals surface area (Å²) in [5, 5.41) is 24.9. The highest BCUT2D eigenvalue weighted by molar-refractivity contribution is 5.89. The number of nitrogens with one attached hydrogen (secondary N) is 2. The van der Waals surface area contributed by atoms with Crippen LogP contribution >= 0.6 is 0 Å². The number of aromatic amines is 2. The van der Waals surface area contributed by atoms with Crippen molar-refractivity contribution < 1.29 is 29.2 Å². The smallest absolute Gasteiger partial charge is 0.336 e. The van der Waals surface area contributed by atoms with Crippen LogP contribution < -0.4 is 9.36 Å². The molecule has 0 aromatic carbocycles. The summed E-state index contributed by atoms with van der Waals surface area (Å²) < 4.78 is 4.10. The number of nitrogens with zero attached hydrogens (tertiary/aromatic N) is 6.